The summed E-state index contributed by atoms with van der Waals surface area (Å²) in [5.41, 5.74) is 18.6. The van der Waals surface area contributed by atoms with Gasteiger partial charge in [0.15, 0.2) is 0 Å². The van der Waals surface area contributed by atoms with Gasteiger partial charge in [-0.1, -0.05) is 137 Å². The van der Waals surface area contributed by atoms with Gasteiger partial charge in [-0.3, -0.25) is 0 Å². The normalized spacial score (nSPS) is 11.3. The van der Waals surface area contributed by atoms with E-state index in [0.717, 1.165) is 62.2 Å². The molecule has 0 saturated carbocycles. The molecule has 8 rings (SSSR count). The number of rotatable bonds is 12. The predicted octanol–water partition coefficient (Wildman–Crippen LogP) is 16.1. The summed E-state index contributed by atoms with van der Waals surface area (Å²) in [5.74, 6) is 0. The molecule has 0 spiro atoms. The average Bonchev–Trinajstić information content (AvgIpc) is 3.28. The molecule has 3 nitrogen and oxygen atoms in total. The Bertz CT molecular complexity index is 2580. The van der Waals surface area contributed by atoms with Crippen LogP contribution in [0.4, 0.5) is 45.5 Å². The van der Waals surface area contributed by atoms with Gasteiger partial charge < -0.3 is 14.7 Å². The van der Waals surface area contributed by atoms with Crippen molar-refractivity contribution in [3.63, 3.8) is 0 Å². The van der Waals surface area contributed by atoms with Crippen LogP contribution in [0.3, 0.4) is 0 Å². The van der Waals surface area contributed by atoms with Crippen molar-refractivity contribution >= 4 is 63.7 Å². The third-order valence-electron chi connectivity index (χ3n) is 10.8. The zero-order valence-corrected chi connectivity index (χ0v) is 35.1. The lowest BCUT2D eigenvalue weighted by Gasteiger charge is -2.26. The van der Waals surface area contributed by atoms with Gasteiger partial charge in [-0.25, -0.2) is 0 Å². The number of aryl methyl sites for hydroxylation is 5. The van der Waals surface area contributed by atoms with E-state index in [0.29, 0.717) is 0 Å². The molecule has 294 valence electrons. The first-order valence-corrected chi connectivity index (χ1v) is 20.7. The Morgan fingerprint density at radius 1 is 0.233 bits per heavy atom. The van der Waals surface area contributed by atoms with Crippen molar-refractivity contribution in [2.24, 2.45) is 0 Å². The fourth-order valence-corrected chi connectivity index (χ4v) is 7.26. The second kappa shape index (κ2) is 18.1. The van der Waals surface area contributed by atoms with Crippen molar-refractivity contribution in [3.8, 4) is 0 Å². The largest absolute Gasteiger partial charge is 0.317 e. The summed E-state index contributed by atoms with van der Waals surface area (Å²) in [7, 11) is 0. The number of hydrogen-bond donors (Lipinski definition) is 0. The molecule has 0 saturated heterocycles. The molecule has 8 aromatic carbocycles. The zero-order chi connectivity index (χ0) is 41.4. The van der Waals surface area contributed by atoms with Crippen LogP contribution in [0.5, 0.6) is 0 Å². The fourth-order valence-electron chi connectivity index (χ4n) is 7.26. The van der Waals surface area contributed by atoms with Crippen molar-refractivity contribution in [1.82, 2.24) is 0 Å². The molecule has 0 heterocycles. The molecule has 0 amide bonds. The van der Waals surface area contributed by atoms with Crippen molar-refractivity contribution in [2.45, 2.75) is 34.6 Å². The Morgan fingerprint density at radius 2 is 0.433 bits per heavy atom. The topological polar surface area (TPSA) is 9.72 Å². The highest BCUT2D eigenvalue weighted by Gasteiger charge is 2.14. The molecular weight excluding hydrogens is 727 g/mol. The molecule has 60 heavy (non-hydrogen) atoms. The van der Waals surface area contributed by atoms with Crippen molar-refractivity contribution in [1.29, 1.82) is 0 Å². The lowest BCUT2D eigenvalue weighted by molar-refractivity contribution is 1.27. The first-order chi connectivity index (χ1) is 29.3. The molecule has 0 N–H and O–H groups in total. The van der Waals surface area contributed by atoms with E-state index < -0.39 is 0 Å². The van der Waals surface area contributed by atoms with Crippen molar-refractivity contribution in [3.05, 3.63) is 245 Å². The quantitative estimate of drug-likeness (QED) is 0.114. The summed E-state index contributed by atoms with van der Waals surface area (Å²) >= 11 is 0. The maximum Gasteiger partial charge on any atom is 0.0462 e. The van der Waals surface area contributed by atoms with Crippen LogP contribution in [0.1, 0.15) is 44.5 Å². The second-order valence-electron chi connectivity index (χ2n) is 15.6. The van der Waals surface area contributed by atoms with Gasteiger partial charge in [0.05, 0.1) is 0 Å². The highest BCUT2D eigenvalue weighted by Crippen LogP contribution is 2.37. The van der Waals surface area contributed by atoms with Crippen molar-refractivity contribution in [2.75, 3.05) is 14.7 Å². The van der Waals surface area contributed by atoms with Gasteiger partial charge in [0.2, 0.25) is 0 Å². The maximum absolute atomic E-state index is 2.32. The third-order valence-corrected chi connectivity index (χ3v) is 10.8. The minimum atomic E-state index is 1.10. The number of nitrogens with zero attached hydrogens (tertiary/aromatic N) is 3. The molecule has 0 bridgehead atoms. The van der Waals surface area contributed by atoms with E-state index in [1.807, 2.05) is 0 Å². The van der Waals surface area contributed by atoms with Gasteiger partial charge in [-0.15, -0.1) is 0 Å². The van der Waals surface area contributed by atoms with E-state index in [1.54, 1.807) is 0 Å². The molecule has 0 fully saturated rings. The van der Waals surface area contributed by atoms with E-state index in [4.69, 9.17) is 0 Å². The lowest BCUT2D eigenvalue weighted by Crippen LogP contribution is -2.10. The second-order valence-corrected chi connectivity index (χ2v) is 15.6. The molecule has 0 radical (unpaired) electrons. The van der Waals surface area contributed by atoms with Gasteiger partial charge >= 0.3 is 0 Å². The standard InChI is InChI=1S/C57H51N3/c1-42-6-24-50(25-7-42)58(51-26-8-43(2)9-27-51)41-40-49-22-38-57(39-23-49)60(54-32-14-46(5)15-33-54)56-36-20-48(21-37-56)17-16-47-18-34-55(35-19-47)59(52-28-10-44(3)11-29-52)53-30-12-45(4)13-31-53/h6-41H,1-5H3. The van der Waals surface area contributed by atoms with Crippen LogP contribution in [0.15, 0.2) is 200 Å². The Hall–Kier alpha value is -7.36. The summed E-state index contributed by atoms with van der Waals surface area (Å²) in [6.07, 6.45) is 8.71. The van der Waals surface area contributed by atoms with Crippen LogP contribution in [-0.4, -0.2) is 0 Å². The zero-order valence-electron chi connectivity index (χ0n) is 35.1. The van der Waals surface area contributed by atoms with Gasteiger partial charge in [0.1, 0.15) is 0 Å². The monoisotopic (exact) mass is 777 g/mol. The van der Waals surface area contributed by atoms with Gasteiger partial charge in [-0.05, 0) is 154 Å². The van der Waals surface area contributed by atoms with Crippen LogP contribution in [0, 0.1) is 34.6 Å². The molecule has 3 heteroatoms. The molecule has 8 aromatic rings. The Morgan fingerprint density at radius 3 is 0.683 bits per heavy atom. The minimum absolute atomic E-state index is 1.10. The predicted molar refractivity (Wildman–Crippen MR) is 259 cm³/mol. The Balaban J connectivity index is 1.01. The van der Waals surface area contributed by atoms with E-state index in [9.17, 15) is 0 Å². The molecule has 0 aliphatic carbocycles. The van der Waals surface area contributed by atoms with Gasteiger partial charge in [0, 0.05) is 51.7 Å². The van der Waals surface area contributed by atoms with Crippen LogP contribution in [-0.2, 0) is 0 Å². The number of anilines is 8. The molecule has 0 aliphatic heterocycles. The molecule has 0 atom stereocenters. The smallest absolute Gasteiger partial charge is 0.0462 e. The SMILES string of the molecule is Cc1ccc(N(C=Cc2ccc(N(c3ccc(C)cc3)c3ccc(C=Cc4ccc(N(c5ccc(C)cc5)c5ccc(C)cc5)cc4)cc3)cc2)c2ccc(C)cc2)cc1. The minimum Gasteiger partial charge on any atom is -0.317 e. The molecule has 0 aliphatic rings. The van der Waals surface area contributed by atoms with E-state index >= 15 is 0 Å². The van der Waals surface area contributed by atoms with Gasteiger partial charge in [-0.2, -0.15) is 0 Å². The van der Waals surface area contributed by atoms with Crippen molar-refractivity contribution < 1.29 is 0 Å². The highest BCUT2D eigenvalue weighted by atomic mass is 15.1. The number of hydrogen-bond acceptors (Lipinski definition) is 3. The van der Waals surface area contributed by atoms with Gasteiger partial charge in [0.25, 0.3) is 0 Å². The summed E-state index contributed by atoms with van der Waals surface area (Å²) in [4.78, 5) is 6.86. The van der Waals surface area contributed by atoms with E-state index in [1.165, 1.54) is 27.8 Å². The first kappa shape index (κ1) is 39.5. The van der Waals surface area contributed by atoms with Crippen LogP contribution < -0.4 is 14.7 Å². The van der Waals surface area contributed by atoms with E-state index in [-0.39, 0.29) is 0 Å². The summed E-state index contributed by atoms with van der Waals surface area (Å²) in [5, 5.41) is 0. The van der Waals surface area contributed by atoms with Crippen LogP contribution >= 0.6 is 0 Å². The summed E-state index contributed by atoms with van der Waals surface area (Å²) < 4.78 is 0. The first-order valence-electron chi connectivity index (χ1n) is 20.7. The highest BCUT2D eigenvalue weighted by molar-refractivity contribution is 5.81. The average molecular weight is 778 g/mol. The summed E-state index contributed by atoms with van der Waals surface area (Å²) in [6, 6.07) is 69.9. The Labute approximate surface area is 356 Å². The fraction of sp³-hybridized carbons (Fsp3) is 0.0877. The van der Waals surface area contributed by atoms with Crippen LogP contribution in [0.25, 0.3) is 18.2 Å². The molecule has 0 unspecified atom stereocenters. The Kier molecular flexibility index (Phi) is 11.9. The van der Waals surface area contributed by atoms with E-state index in [2.05, 4.69) is 268 Å². The molecular formula is C57H51N3. The van der Waals surface area contributed by atoms with Crippen LogP contribution in [0.2, 0.25) is 0 Å². The molecule has 0 aromatic heterocycles. The lowest BCUT2D eigenvalue weighted by atomic mass is 10.1. The third kappa shape index (κ3) is 9.49. The number of benzene rings is 8. The maximum atomic E-state index is 2.32. The summed E-state index contributed by atoms with van der Waals surface area (Å²) in [6.45, 7) is 10.6.